The first-order valence-electron chi connectivity index (χ1n) is 6.23. The number of halogens is 1. The smallest absolute Gasteiger partial charge is 0.135 e. The maximum Gasteiger partial charge on any atom is 0.135 e. The van der Waals surface area contributed by atoms with Gasteiger partial charge in [0.1, 0.15) is 16.8 Å². The van der Waals surface area contributed by atoms with E-state index in [1.165, 1.54) is 6.42 Å². The molecule has 1 heterocycles. The second-order valence-electron chi connectivity index (χ2n) is 5.42. The van der Waals surface area contributed by atoms with Gasteiger partial charge in [0.25, 0.3) is 0 Å². The second kappa shape index (κ2) is 4.81. The van der Waals surface area contributed by atoms with E-state index in [-0.39, 0.29) is 0 Å². The van der Waals surface area contributed by atoms with Gasteiger partial charge in [-0.25, -0.2) is 9.97 Å². The van der Waals surface area contributed by atoms with Crippen LogP contribution in [0.15, 0.2) is 6.07 Å². The van der Waals surface area contributed by atoms with Gasteiger partial charge >= 0.3 is 0 Å². The van der Waals surface area contributed by atoms with E-state index >= 15 is 0 Å². The van der Waals surface area contributed by atoms with Crippen LogP contribution in [-0.2, 0) is 0 Å². The minimum Gasteiger partial charge on any atom is -0.359 e. The third-order valence-electron chi connectivity index (χ3n) is 3.39. The van der Waals surface area contributed by atoms with Crippen LogP contribution >= 0.6 is 11.6 Å². The lowest BCUT2D eigenvalue weighted by Crippen LogP contribution is -2.22. The Morgan fingerprint density at radius 2 is 2.12 bits per heavy atom. The van der Waals surface area contributed by atoms with E-state index in [2.05, 4.69) is 42.7 Å². The number of rotatable bonds is 4. The lowest BCUT2D eigenvalue weighted by molar-refractivity contribution is 0.708. The molecule has 4 heteroatoms. The molecule has 0 spiro atoms. The fourth-order valence-corrected chi connectivity index (χ4v) is 2.16. The molecule has 0 N–H and O–H groups in total. The van der Waals surface area contributed by atoms with Crippen molar-refractivity contribution in [1.82, 2.24) is 9.97 Å². The highest BCUT2D eigenvalue weighted by Crippen LogP contribution is 2.38. The third kappa shape index (κ3) is 3.09. The average Bonchev–Trinajstić information content (AvgIpc) is 2.93. The van der Waals surface area contributed by atoms with Crippen molar-refractivity contribution in [2.45, 2.75) is 33.1 Å². The van der Waals surface area contributed by atoms with Crippen molar-refractivity contribution in [1.29, 1.82) is 0 Å². The summed E-state index contributed by atoms with van der Waals surface area (Å²) in [5.74, 6) is 3.74. The standard InChI is InChI=1S/C13H20ClN3/c1-8(2)13-15-11(14)6-12(16-13)17(4)7-10-5-9(10)3/h6,8-10H,5,7H2,1-4H3. The van der Waals surface area contributed by atoms with E-state index in [1.54, 1.807) is 0 Å². The Kier molecular flexibility index (Phi) is 3.57. The molecule has 0 bridgehead atoms. The summed E-state index contributed by atoms with van der Waals surface area (Å²) in [6.45, 7) is 7.52. The molecule has 1 fully saturated rings. The summed E-state index contributed by atoms with van der Waals surface area (Å²) in [6.07, 6.45) is 1.33. The molecule has 0 amide bonds. The predicted molar refractivity (Wildman–Crippen MR) is 71.7 cm³/mol. The minimum absolute atomic E-state index is 0.306. The number of hydrogen-bond donors (Lipinski definition) is 0. The van der Waals surface area contributed by atoms with Crippen molar-refractivity contribution < 1.29 is 0 Å². The first-order chi connectivity index (χ1) is 7.97. The van der Waals surface area contributed by atoms with Gasteiger partial charge in [-0.15, -0.1) is 0 Å². The van der Waals surface area contributed by atoms with Crippen LogP contribution in [0, 0.1) is 11.8 Å². The molecular weight excluding hydrogens is 234 g/mol. The van der Waals surface area contributed by atoms with Gasteiger partial charge in [-0.1, -0.05) is 32.4 Å². The Morgan fingerprint density at radius 1 is 1.47 bits per heavy atom. The van der Waals surface area contributed by atoms with Crippen molar-refractivity contribution >= 4 is 17.4 Å². The van der Waals surface area contributed by atoms with Crippen molar-refractivity contribution in [2.75, 3.05) is 18.5 Å². The molecule has 0 aliphatic heterocycles. The molecule has 0 aromatic carbocycles. The van der Waals surface area contributed by atoms with Gasteiger partial charge in [-0.3, -0.25) is 0 Å². The molecule has 1 aliphatic carbocycles. The van der Waals surface area contributed by atoms with Gasteiger partial charge in [0.2, 0.25) is 0 Å². The molecule has 1 aromatic heterocycles. The lowest BCUT2D eigenvalue weighted by Gasteiger charge is -2.19. The van der Waals surface area contributed by atoms with Crippen LogP contribution in [-0.4, -0.2) is 23.6 Å². The number of aromatic nitrogens is 2. The van der Waals surface area contributed by atoms with Crippen molar-refractivity contribution in [2.24, 2.45) is 11.8 Å². The zero-order valence-electron chi connectivity index (χ0n) is 10.9. The molecule has 94 valence electrons. The topological polar surface area (TPSA) is 29.0 Å². The molecule has 17 heavy (non-hydrogen) atoms. The zero-order valence-corrected chi connectivity index (χ0v) is 11.7. The van der Waals surface area contributed by atoms with Crippen LogP contribution in [0.25, 0.3) is 0 Å². The quantitative estimate of drug-likeness (QED) is 0.771. The summed E-state index contributed by atoms with van der Waals surface area (Å²) in [7, 11) is 2.08. The number of nitrogens with zero attached hydrogens (tertiary/aromatic N) is 3. The fourth-order valence-electron chi connectivity index (χ4n) is 1.98. The Morgan fingerprint density at radius 3 is 2.65 bits per heavy atom. The Hall–Kier alpha value is -0.830. The molecule has 2 atom stereocenters. The van der Waals surface area contributed by atoms with Crippen LogP contribution in [0.2, 0.25) is 5.15 Å². The van der Waals surface area contributed by atoms with Gasteiger partial charge in [-0.2, -0.15) is 0 Å². The highest BCUT2D eigenvalue weighted by Gasteiger charge is 2.33. The molecule has 2 rings (SSSR count). The molecule has 1 aromatic rings. The largest absolute Gasteiger partial charge is 0.359 e. The first kappa shape index (κ1) is 12.6. The normalized spacial score (nSPS) is 22.9. The molecule has 1 aliphatic rings. The van der Waals surface area contributed by atoms with Gasteiger partial charge in [0.05, 0.1) is 0 Å². The Labute approximate surface area is 108 Å². The van der Waals surface area contributed by atoms with Crippen molar-refractivity contribution in [3.05, 3.63) is 17.0 Å². The predicted octanol–water partition coefficient (Wildman–Crippen LogP) is 3.35. The van der Waals surface area contributed by atoms with Gasteiger partial charge in [0.15, 0.2) is 0 Å². The lowest BCUT2D eigenvalue weighted by atomic mass is 10.2. The average molecular weight is 254 g/mol. The molecule has 2 unspecified atom stereocenters. The van der Waals surface area contributed by atoms with E-state index in [4.69, 9.17) is 11.6 Å². The van der Waals surface area contributed by atoms with Gasteiger partial charge in [0, 0.05) is 25.6 Å². The fraction of sp³-hybridized carbons (Fsp3) is 0.692. The van der Waals surface area contributed by atoms with Crippen LogP contribution in [0.3, 0.4) is 0 Å². The molecule has 0 saturated heterocycles. The minimum atomic E-state index is 0.306. The van der Waals surface area contributed by atoms with Crippen molar-refractivity contribution in [3.8, 4) is 0 Å². The van der Waals surface area contributed by atoms with Crippen LogP contribution in [0.1, 0.15) is 38.9 Å². The summed E-state index contributed by atoms with van der Waals surface area (Å²) in [4.78, 5) is 11.0. The van der Waals surface area contributed by atoms with Crippen molar-refractivity contribution in [3.63, 3.8) is 0 Å². The zero-order chi connectivity index (χ0) is 12.6. The second-order valence-corrected chi connectivity index (χ2v) is 5.80. The number of hydrogen-bond acceptors (Lipinski definition) is 3. The summed E-state index contributed by atoms with van der Waals surface area (Å²) in [5.41, 5.74) is 0. The van der Waals surface area contributed by atoms with E-state index in [0.717, 1.165) is 30.0 Å². The van der Waals surface area contributed by atoms with Crippen LogP contribution in [0.5, 0.6) is 0 Å². The Balaban J connectivity index is 2.13. The molecule has 1 saturated carbocycles. The highest BCUT2D eigenvalue weighted by atomic mass is 35.5. The summed E-state index contributed by atoms with van der Waals surface area (Å²) < 4.78 is 0. The van der Waals surface area contributed by atoms with E-state index in [9.17, 15) is 0 Å². The molecular formula is C13H20ClN3. The SMILES string of the molecule is CC(C)c1nc(Cl)cc(N(C)CC2CC2C)n1. The highest BCUT2D eigenvalue weighted by molar-refractivity contribution is 6.29. The summed E-state index contributed by atoms with van der Waals surface area (Å²) in [5, 5.41) is 0.536. The Bertz CT molecular complexity index is 406. The summed E-state index contributed by atoms with van der Waals surface area (Å²) >= 11 is 6.04. The maximum absolute atomic E-state index is 6.04. The summed E-state index contributed by atoms with van der Waals surface area (Å²) in [6, 6.07) is 1.85. The number of anilines is 1. The van der Waals surface area contributed by atoms with Crippen LogP contribution in [0.4, 0.5) is 5.82 Å². The van der Waals surface area contributed by atoms with Crippen LogP contribution < -0.4 is 4.90 Å². The molecule has 0 radical (unpaired) electrons. The van der Waals surface area contributed by atoms with E-state index in [0.29, 0.717) is 11.1 Å². The van der Waals surface area contributed by atoms with E-state index < -0.39 is 0 Å². The third-order valence-corrected chi connectivity index (χ3v) is 3.58. The van der Waals surface area contributed by atoms with E-state index in [1.807, 2.05) is 6.07 Å². The van der Waals surface area contributed by atoms with Gasteiger partial charge in [-0.05, 0) is 18.3 Å². The maximum atomic E-state index is 6.04. The molecule has 3 nitrogen and oxygen atoms in total. The van der Waals surface area contributed by atoms with Gasteiger partial charge < -0.3 is 4.90 Å². The first-order valence-corrected chi connectivity index (χ1v) is 6.60. The monoisotopic (exact) mass is 253 g/mol.